The highest BCUT2D eigenvalue weighted by molar-refractivity contribution is 5.83. The highest BCUT2D eigenvalue weighted by Gasteiger charge is 2.13. The zero-order chi connectivity index (χ0) is 11.5. The van der Waals surface area contributed by atoms with Gasteiger partial charge in [0.2, 0.25) is 5.95 Å². The van der Waals surface area contributed by atoms with Gasteiger partial charge in [-0.25, -0.2) is 4.39 Å². The molecule has 86 valence electrons. The van der Waals surface area contributed by atoms with E-state index in [1.54, 1.807) is 6.07 Å². The van der Waals surface area contributed by atoms with Crippen molar-refractivity contribution in [3.05, 3.63) is 35.5 Å². The van der Waals surface area contributed by atoms with Gasteiger partial charge in [0.05, 0.1) is 5.52 Å². The number of aromatic amines is 1. The molecule has 0 spiro atoms. The van der Waals surface area contributed by atoms with E-state index in [2.05, 4.69) is 11.9 Å². The van der Waals surface area contributed by atoms with Crippen LogP contribution in [0.25, 0.3) is 10.9 Å². The molecule has 0 aliphatic carbocycles. The first-order valence-electron chi connectivity index (χ1n) is 5.68. The van der Waals surface area contributed by atoms with Crippen molar-refractivity contribution in [2.45, 2.75) is 32.6 Å². The van der Waals surface area contributed by atoms with E-state index in [9.17, 15) is 8.78 Å². The van der Waals surface area contributed by atoms with Crippen LogP contribution in [0.1, 0.15) is 31.7 Å². The second-order valence-electron chi connectivity index (χ2n) is 4.05. The zero-order valence-electron chi connectivity index (χ0n) is 9.32. The molecule has 0 aliphatic rings. The van der Waals surface area contributed by atoms with Crippen LogP contribution >= 0.6 is 0 Å². The summed E-state index contributed by atoms with van der Waals surface area (Å²) in [5.41, 5.74) is 1.44. The lowest BCUT2D eigenvalue weighted by atomic mass is 10.0. The normalized spacial score (nSPS) is 11.2. The minimum absolute atomic E-state index is 0.413. The average Bonchev–Trinajstić information content (AvgIpc) is 2.56. The number of hydrogen-bond donors (Lipinski definition) is 1. The molecule has 0 unspecified atom stereocenters. The van der Waals surface area contributed by atoms with Crippen molar-refractivity contribution in [3.63, 3.8) is 0 Å². The molecule has 3 heteroatoms. The minimum atomic E-state index is -0.863. The van der Waals surface area contributed by atoms with Crippen LogP contribution in [0.3, 0.4) is 0 Å². The highest BCUT2D eigenvalue weighted by Crippen LogP contribution is 2.25. The van der Waals surface area contributed by atoms with Crippen molar-refractivity contribution in [3.8, 4) is 0 Å². The molecular weight excluding hydrogens is 208 g/mol. The van der Waals surface area contributed by atoms with Crippen LogP contribution in [0.15, 0.2) is 18.2 Å². The fourth-order valence-electron chi connectivity index (χ4n) is 2.02. The lowest BCUT2D eigenvalue weighted by molar-refractivity contribution is 0.498. The smallest absolute Gasteiger partial charge is 0.228 e. The van der Waals surface area contributed by atoms with Gasteiger partial charge in [-0.1, -0.05) is 31.9 Å². The van der Waals surface area contributed by atoms with Gasteiger partial charge < -0.3 is 4.98 Å². The number of nitrogens with one attached hydrogen (secondary N) is 1. The second-order valence-corrected chi connectivity index (χ2v) is 4.05. The number of H-pyrrole nitrogens is 1. The molecule has 0 aliphatic heterocycles. The lowest BCUT2D eigenvalue weighted by Gasteiger charge is -2.02. The Morgan fingerprint density at radius 3 is 2.75 bits per heavy atom. The summed E-state index contributed by atoms with van der Waals surface area (Å²) in [4.78, 5) is 2.42. The van der Waals surface area contributed by atoms with Crippen LogP contribution in [-0.2, 0) is 6.42 Å². The molecule has 2 rings (SSSR count). The molecule has 16 heavy (non-hydrogen) atoms. The molecule has 0 fully saturated rings. The topological polar surface area (TPSA) is 15.8 Å². The van der Waals surface area contributed by atoms with Crippen LogP contribution in [0.2, 0.25) is 0 Å². The summed E-state index contributed by atoms with van der Waals surface area (Å²) in [6.07, 6.45) is 4.06. The summed E-state index contributed by atoms with van der Waals surface area (Å²) in [6.45, 7) is 2.12. The van der Waals surface area contributed by atoms with Crippen molar-refractivity contribution in [2.24, 2.45) is 0 Å². The molecular formula is C13H15F2N. The SMILES string of the molecule is CCCCCc1cccc2[nH]c(F)c(F)c12. The summed E-state index contributed by atoms with van der Waals surface area (Å²) in [6, 6.07) is 5.40. The Morgan fingerprint density at radius 2 is 2.00 bits per heavy atom. The van der Waals surface area contributed by atoms with Crippen molar-refractivity contribution in [2.75, 3.05) is 0 Å². The largest absolute Gasteiger partial charge is 0.329 e. The van der Waals surface area contributed by atoms with Gasteiger partial charge in [0.15, 0.2) is 5.82 Å². The van der Waals surface area contributed by atoms with Crippen molar-refractivity contribution < 1.29 is 8.78 Å². The number of aromatic nitrogens is 1. The maximum atomic E-state index is 13.5. The molecule has 2 aromatic rings. The number of rotatable bonds is 4. The van der Waals surface area contributed by atoms with Gasteiger partial charge in [0.1, 0.15) is 0 Å². The first-order chi connectivity index (χ1) is 7.74. The van der Waals surface area contributed by atoms with Crippen LogP contribution in [-0.4, -0.2) is 4.98 Å². The molecule has 0 atom stereocenters. The monoisotopic (exact) mass is 223 g/mol. The van der Waals surface area contributed by atoms with E-state index in [1.165, 1.54) is 0 Å². The Labute approximate surface area is 93.5 Å². The molecule has 0 radical (unpaired) electrons. The Hall–Kier alpha value is -1.38. The van der Waals surface area contributed by atoms with Crippen LogP contribution in [0.4, 0.5) is 8.78 Å². The second kappa shape index (κ2) is 4.64. The summed E-state index contributed by atoms with van der Waals surface area (Å²) in [5, 5.41) is 0.413. The predicted octanol–water partition coefficient (Wildman–Crippen LogP) is 4.18. The van der Waals surface area contributed by atoms with Gasteiger partial charge in [-0.3, -0.25) is 0 Å². The third kappa shape index (κ3) is 1.94. The Balaban J connectivity index is 2.36. The van der Waals surface area contributed by atoms with E-state index >= 15 is 0 Å². The quantitative estimate of drug-likeness (QED) is 0.748. The number of halogens is 2. The lowest BCUT2D eigenvalue weighted by Crippen LogP contribution is -1.88. The fourth-order valence-corrected chi connectivity index (χ4v) is 2.02. The third-order valence-electron chi connectivity index (χ3n) is 2.86. The predicted molar refractivity (Wildman–Crippen MR) is 61.4 cm³/mol. The van der Waals surface area contributed by atoms with Gasteiger partial charge in [-0.15, -0.1) is 0 Å². The van der Waals surface area contributed by atoms with Gasteiger partial charge in [-0.05, 0) is 24.5 Å². The summed E-state index contributed by atoms with van der Waals surface area (Å²) in [7, 11) is 0. The third-order valence-corrected chi connectivity index (χ3v) is 2.86. The number of unbranched alkanes of at least 4 members (excludes halogenated alkanes) is 2. The first kappa shape index (κ1) is 11.1. The van der Waals surface area contributed by atoms with Gasteiger partial charge in [0, 0.05) is 5.39 Å². The number of aryl methyl sites for hydroxylation is 1. The Bertz CT molecular complexity index is 488. The van der Waals surface area contributed by atoms with Crippen LogP contribution < -0.4 is 0 Å². The first-order valence-corrected chi connectivity index (χ1v) is 5.68. The Kier molecular flexibility index (Phi) is 3.22. The number of benzene rings is 1. The van der Waals surface area contributed by atoms with E-state index in [1.807, 2.05) is 12.1 Å². The summed E-state index contributed by atoms with van der Waals surface area (Å²) in [5.74, 6) is -1.61. The maximum Gasteiger partial charge on any atom is 0.228 e. The zero-order valence-corrected chi connectivity index (χ0v) is 9.32. The van der Waals surface area contributed by atoms with E-state index in [4.69, 9.17) is 0 Å². The Morgan fingerprint density at radius 1 is 1.19 bits per heavy atom. The number of fused-ring (bicyclic) bond motifs is 1. The molecule has 0 amide bonds. The summed E-state index contributed by atoms with van der Waals surface area (Å²) < 4.78 is 26.6. The van der Waals surface area contributed by atoms with Gasteiger partial charge in [0.25, 0.3) is 0 Å². The average molecular weight is 223 g/mol. The molecule has 1 aromatic carbocycles. The van der Waals surface area contributed by atoms with E-state index in [0.29, 0.717) is 10.9 Å². The molecule has 1 N–H and O–H groups in total. The summed E-state index contributed by atoms with van der Waals surface area (Å²) >= 11 is 0. The van der Waals surface area contributed by atoms with Crippen LogP contribution in [0.5, 0.6) is 0 Å². The highest BCUT2D eigenvalue weighted by atomic mass is 19.2. The van der Waals surface area contributed by atoms with Crippen molar-refractivity contribution in [1.29, 1.82) is 0 Å². The molecule has 0 saturated carbocycles. The van der Waals surface area contributed by atoms with E-state index < -0.39 is 11.8 Å². The van der Waals surface area contributed by atoms with Crippen molar-refractivity contribution >= 4 is 10.9 Å². The molecule has 0 saturated heterocycles. The fraction of sp³-hybridized carbons (Fsp3) is 0.385. The standard InChI is InChI=1S/C13H15F2N/c1-2-3-4-6-9-7-5-8-10-11(9)12(14)13(15)16-10/h5,7-8,16H,2-4,6H2,1H3. The maximum absolute atomic E-state index is 13.5. The molecule has 0 bridgehead atoms. The number of hydrogen-bond acceptors (Lipinski definition) is 0. The molecule has 1 heterocycles. The molecule has 1 aromatic heterocycles. The van der Waals surface area contributed by atoms with Gasteiger partial charge in [-0.2, -0.15) is 4.39 Å². The van der Waals surface area contributed by atoms with E-state index in [-0.39, 0.29) is 0 Å². The molecule has 1 nitrogen and oxygen atoms in total. The van der Waals surface area contributed by atoms with E-state index in [0.717, 1.165) is 31.2 Å². The van der Waals surface area contributed by atoms with Crippen LogP contribution in [0, 0.1) is 11.8 Å². The van der Waals surface area contributed by atoms with Crippen molar-refractivity contribution in [1.82, 2.24) is 4.98 Å². The minimum Gasteiger partial charge on any atom is -0.329 e. The van der Waals surface area contributed by atoms with Gasteiger partial charge >= 0.3 is 0 Å².